The van der Waals surface area contributed by atoms with E-state index in [2.05, 4.69) is 17.2 Å². The molecule has 0 spiro atoms. The van der Waals surface area contributed by atoms with Gasteiger partial charge < -0.3 is 10.3 Å². The molecule has 0 aliphatic carbocycles. The number of pyridine rings is 1. The summed E-state index contributed by atoms with van der Waals surface area (Å²) in [5.74, 6) is -0.310. The molecule has 2 heterocycles. The van der Waals surface area contributed by atoms with E-state index in [0.717, 1.165) is 5.56 Å². The van der Waals surface area contributed by atoms with Crippen molar-refractivity contribution in [3.63, 3.8) is 0 Å². The van der Waals surface area contributed by atoms with Gasteiger partial charge in [-0.25, -0.2) is 8.42 Å². The van der Waals surface area contributed by atoms with Crippen LogP contribution >= 0.6 is 0 Å². The third kappa shape index (κ3) is 4.76. The lowest BCUT2D eigenvalue weighted by Crippen LogP contribution is -2.45. The average Bonchev–Trinajstić information content (AvgIpc) is 2.82. The maximum absolute atomic E-state index is 13.2. The van der Waals surface area contributed by atoms with Crippen LogP contribution < -0.4 is 10.9 Å². The molecule has 1 fully saturated rings. The van der Waals surface area contributed by atoms with E-state index in [9.17, 15) is 18.0 Å². The Morgan fingerprint density at radius 3 is 2.72 bits per heavy atom. The number of piperidine rings is 1. The predicted octanol–water partition coefficient (Wildman–Crippen LogP) is 2.85. The normalized spacial score (nSPS) is 18.3. The summed E-state index contributed by atoms with van der Waals surface area (Å²) in [4.78, 5) is 27.1. The third-order valence-corrected chi connectivity index (χ3v) is 7.90. The first-order valence-corrected chi connectivity index (χ1v) is 12.2. The third-order valence-electron chi connectivity index (χ3n) is 6.04. The first-order chi connectivity index (χ1) is 15.3. The van der Waals surface area contributed by atoms with Crippen LogP contribution in [0.5, 0.6) is 0 Å². The highest BCUT2D eigenvalue weighted by Gasteiger charge is 2.33. The summed E-state index contributed by atoms with van der Waals surface area (Å²) in [6.45, 7) is 3.11. The average molecular weight is 454 g/mol. The molecule has 1 aliphatic heterocycles. The van der Waals surface area contributed by atoms with Crippen LogP contribution in [-0.2, 0) is 14.8 Å². The lowest BCUT2D eigenvalue weighted by atomic mass is 9.97. The van der Waals surface area contributed by atoms with Crippen molar-refractivity contribution in [1.29, 1.82) is 0 Å². The summed E-state index contributed by atoms with van der Waals surface area (Å²) in [6.07, 6.45) is 1.29. The van der Waals surface area contributed by atoms with Gasteiger partial charge >= 0.3 is 0 Å². The Bertz CT molecular complexity index is 1270. The lowest BCUT2D eigenvalue weighted by molar-refractivity contribution is -0.126. The smallest absolute Gasteiger partial charge is 0.248 e. The molecule has 0 bridgehead atoms. The standard InChI is InChI=1S/C24H27N3O4S/c1-17(18-6-3-2-4-7-18)15-25-24(29)20-8-5-13-27(16-20)32(30,31)21-10-11-22-19(14-21)9-12-23(28)26-22/h2-4,6-7,9-12,14,17,20H,5,8,13,15-16H2,1H3,(H,25,29)(H,26,28)/t17-,20-/m0/s1. The molecule has 168 valence electrons. The highest BCUT2D eigenvalue weighted by atomic mass is 32.2. The molecule has 8 heteroatoms. The number of nitrogens with one attached hydrogen (secondary N) is 2. The Morgan fingerprint density at radius 1 is 1.16 bits per heavy atom. The van der Waals surface area contributed by atoms with Crippen molar-refractivity contribution in [2.45, 2.75) is 30.6 Å². The van der Waals surface area contributed by atoms with Crippen LogP contribution in [0.15, 0.2) is 70.4 Å². The van der Waals surface area contributed by atoms with Gasteiger partial charge in [-0.15, -0.1) is 0 Å². The van der Waals surface area contributed by atoms with Crippen LogP contribution in [0.2, 0.25) is 0 Å². The summed E-state index contributed by atoms with van der Waals surface area (Å²) in [5, 5.41) is 3.64. The maximum Gasteiger partial charge on any atom is 0.248 e. The number of H-pyrrole nitrogens is 1. The summed E-state index contributed by atoms with van der Waals surface area (Å²) in [7, 11) is -3.74. The van der Waals surface area contributed by atoms with E-state index in [1.54, 1.807) is 18.2 Å². The van der Waals surface area contributed by atoms with Crippen molar-refractivity contribution in [2.75, 3.05) is 19.6 Å². The molecule has 3 aromatic rings. The van der Waals surface area contributed by atoms with Crippen LogP contribution in [0.25, 0.3) is 10.9 Å². The van der Waals surface area contributed by atoms with Gasteiger partial charge in [0.1, 0.15) is 0 Å². The second-order valence-electron chi connectivity index (χ2n) is 8.33. The maximum atomic E-state index is 13.2. The molecule has 2 N–H and O–H groups in total. The number of fused-ring (bicyclic) bond motifs is 1. The van der Waals surface area contributed by atoms with Crippen LogP contribution in [0, 0.1) is 5.92 Å². The fraction of sp³-hybridized carbons (Fsp3) is 0.333. The molecule has 1 saturated heterocycles. The zero-order valence-electron chi connectivity index (χ0n) is 18.0. The Labute approximate surface area is 187 Å². The van der Waals surface area contributed by atoms with Crippen LogP contribution in [-0.4, -0.2) is 43.2 Å². The molecule has 2 aromatic carbocycles. The van der Waals surface area contributed by atoms with Crippen LogP contribution in [0.3, 0.4) is 0 Å². The Balaban J connectivity index is 1.44. The second-order valence-corrected chi connectivity index (χ2v) is 10.3. The SMILES string of the molecule is C[C@@H](CNC(=O)[C@H]1CCCN(S(=O)(=O)c2ccc3[nH]c(=O)ccc3c2)C1)c1ccccc1. The van der Waals surface area contributed by atoms with Crippen molar-refractivity contribution in [1.82, 2.24) is 14.6 Å². The van der Waals surface area contributed by atoms with Gasteiger partial charge in [0.25, 0.3) is 0 Å². The van der Waals surface area contributed by atoms with Gasteiger partial charge in [-0.3, -0.25) is 9.59 Å². The number of carbonyl (C=O) groups excluding carboxylic acids is 1. The zero-order chi connectivity index (χ0) is 22.7. The number of carbonyl (C=O) groups is 1. The van der Waals surface area contributed by atoms with Gasteiger partial charge in [-0.05, 0) is 54.0 Å². The van der Waals surface area contributed by atoms with E-state index in [1.807, 2.05) is 30.3 Å². The molecule has 1 amide bonds. The number of hydrogen-bond donors (Lipinski definition) is 2. The first kappa shape index (κ1) is 22.2. The molecule has 0 radical (unpaired) electrons. The second kappa shape index (κ2) is 9.26. The molecular formula is C24H27N3O4S. The molecular weight excluding hydrogens is 426 g/mol. The van der Waals surface area contributed by atoms with Crippen molar-refractivity contribution >= 4 is 26.8 Å². The summed E-state index contributed by atoms with van der Waals surface area (Å²) in [6, 6.07) is 17.6. The van der Waals surface area contributed by atoms with E-state index in [-0.39, 0.29) is 34.7 Å². The van der Waals surface area contributed by atoms with Crippen molar-refractivity contribution in [3.05, 3.63) is 76.6 Å². The molecule has 2 atom stereocenters. The van der Waals surface area contributed by atoms with Gasteiger partial charge in [-0.2, -0.15) is 4.31 Å². The molecule has 1 aliphatic rings. The predicted molar refractivity (Wildman–Crippen MR) is 124 cm³/mol. The topological polar surface area (TPSA) is 99.3 Å². The van der Waals surface area contributed by atoms with E-state index < -0.39 is 10.0 Å². The number of benzene rings is 2. The summed E-state index contributed by atoms with van der Waals surface area (Å²) >= 11 is 0. The quantitative estimate of drug-likeness (QED) is 0.599. The van der Waals surface area contributed by atoms with Gasteiger partial charge in [0, 0.05) is 31.2 Å². The Morgan fingerprint density at radius 2 is 1.94 bits per heavy atom. The van der Waals surface area contributed by atoms with Crippen LogP contribution in [0.4, 0.5) is 0 Å². The largest absolute Gasteiger partial charge is 0.355 e. The van der Waals surface area contributed by atoms with E-state index in [1.165, 1.54) is 16.4 Å². The number of nitrogens with zero attached hydrogens (tertiary/aromatic N) is 1. The van der Waals surface area contributed by atoms with Crippen molar-refractivity contribution < 1.29 is 13.2 Å². The minimum absolute atomic E-state index is 0.108. The number of hydrogen-bond acceptors (Lipinski definition) is 4. The van der Waals surface area contributed by atoms with Crippen molar-refractivity contribution in [2.24, 2.45) is 5.92 Å². The number of aromatic amines is 1. The molecule has 4 rings (SSSR count). The highest BCUT2D eigenvalue weighted by Crippen LogP contribution is 2.26. The fourth-order valence-corrected chi connectivity index (χ4v) is 5.67. The van der Waals surface area contributed by atoms with E-state index in [4.69, 9.17) is 0 Å². The monoisotopic (exact) mass is 453 g/mol. The van der Waals surface area contributed by atoms with Gasteiger partial charge in [0.15, 0.2) is 0 Å². The van der Waals surface area contributed by atoms with Gasteiger partial charge in [0.05, 0.1) is 10.8 Å². The molecule has 7 nitrogen and oxygen atoms in total. The first-order valence-electron chi connectivity index (χ1n) is 10.8. The summed E-state index contributed by atoms with van der Waals surface area (Å²) in [5.41, 5.74) is 1.50. The number of rotatable bonds is 6. The van der Waals surface area contributed by atoms with Crippen LogP contribution in [0.1, 0.15) is 31.2 Å². The highest BCUT2D eigenvalue weighted by molar-refractivity contribution is 7.89. The van der Waals surface area contributed by atoms with Gasteiger partial charge in [-0.1, -0.05) is 37.3 Å². The number of aromatic nitrogens is 1. The molecule has 1 aromatic heterocycles. The Hall–Kier alpha value is -2.97. The van der Waals surface area contributed by atoms with E-state index in [0.29, 0.717) is 36.8 Å². The molecule has 0 unspecified atom stereocenters. The number of amides is 1. The minimum atomic E-state index is -3.74. The zero-order valence-corrected chi connectivity index (χ0v) is 18.8. The molecule has 0 saturated carbocycles. The number of sulfonamides is 1. The van der Waals surface area contributed by atoms with E-state index >= 15 is 0 Å². The molecule has 32 heavy (non-hydrogen) atoms. The lowest BCUT2D eigenvalue weighted by Gasteiger charge is -2.31. The minimum Gasteiger partial charge on any atom is -0.355 e. The fourth-order valence-electron chi connectivity index (χ4n) is 4.11. The van der Waals surface area contributed by atoms with Gasteiger partial charge in [0.2, 0.25) is 21.5 Å². The van der Waals surface area contributed by atoms with Crippen molar-refractivity contribution in [3.8, 4) is 0 Å². The Kier molecular flexibility index (Phi) is 6.43. The summed E-state index contributed by atoms with van der Waals surface area (Å²) < 4.78 is 27.9.